The Labute approximate surface area is 176 Å². The summed E-state index contributed by atoms with van der Waals surface area (Å²) in [6.07, 6.45) is 2.98. The molecule has 2 rings (SSSR count). The van der Waals surface area contributed by atoms with Crippen molar-refractivity contribution in [2.45, 2.75) is 53.4 Å². The number of unbranched alkanes of at least 4 members (excludes halogenated alkanes) is 1. The quantitative estimate of drug-likeness (QED) is 0.247. The van der Waals surface area contributed by atoms with Gasteiger partial charge in [-0.15, -0.1) is 0 Å². The first kappa shape index (κ1) is 22.3. The summed E-state index contributed by atoms with van der Waals surface area (Å²) in [5, 5.41) is 0. The molecule has 0 bridgehead atoms. The van der Waals surface area contributed by atoms with E-state index in [0.29, 0.717) is 31.8 Å². The maximum Gasteiger partial charge on any atom is 0.311 e. The molecule has 5 heteroatoms. The van der Waals surface area contributed by atoms with Crippen molar-refractivity contribution >= 4 is 21.9 Å². The summed E-state index contributed by atoms with van der Waals surface area (Å²) >= 11 is 3.46. The Morgan fingerprint density at radius 3 is 2.36 bits per heavy atom. The maximum atomic E-state index is 12.3. The van der Waals surface area contributed by atoms with Crippen molar-refractivity contribution < 1.29 is 19.0 Å². The zero-order chi connectivity index (χ0) is 20.5. The van der Waals surface area contributed by atoms with Crippen LogP contribution in [0.4, 0.5) is 0 Å². The van der Waals surface area contributed by atoms with Gasteiger partial charge in [-0.05, 0) is 74.6 Å². The van der Waals surface area contributed by atoms with Crippen LogP contribution in [0.3, 0.4) is 0 Å². The van der Waals surface area contributed by atoms with Gasteiger partial charge in [-0.2, -0.15) is 0 Å². The van der Waals surface area contributed by atoms with Gasteiger partial charge in [0, 0.05) is 10.9 Å². The predicted molar refractivity (Wildman–Crippen MR) is 116 cm³/mol. The zero-order valence-electron chi connectivity index (χ0n) is 17.1. The number of halogens is 1. The number of ether oxygens (including phenoxy) is 3. The van der Waals surface area contributed by atoms with Crippen molar-refractivity contribution in [3.8, 4) is 17.2 Å². The molecule has 152 valence electrons. The van der Waals surface area contributed by atoms with Crippen LogP contribution in [0.2, 0.25) is 0 Å². The monoisotopic (exact) mass is 448 g/mol. The zero-order valence-corrected chi connectivity index (χ0v) is 18.7. The Balaban J connectivity index is 1.99. The van der Waals surface area contributed by atoms with Crippen LogP contribution in [-0.4, -0.2) is 19.2 Å². The molecule has 4 nitrogen and oxygen atoms in total. The highest BCUT2D eigenvalue weighted by Gasteiger charge is 2.13. The van der Waals surface area contributed by atoms with Crippen molar-refractivity contribution in [3.05, 3.63) is 51.5 Å². The molecule has 0 saturated heterocycles. The van der Waals surface area contributed by atoms with E-state index in [1.54, 1.807) is 0 Å². The molecule has 0 N–H and O–H groups in total. The fraction of sp³-hybridized carbons (Fsp3) is 0.435. The summed E-state index contributed by atoms with van der Waals surface area (Å²) in [6, 6.07) is 9.74. The van der Waals surface area contributed by atoms with E-state index >= 15 is 0 Å². The number of hydrogen-bond donors (Lipinski definition) is 0. The maximum absolute atomic E-state index is 12.3. The van der Waals surface area contributed by atoms with Gasteiger partial charge in [0.1, 0.15) is 5.75 Å². The molecule has 0 aliphatic carbocycles. The molecule has 0 saturated carbocycles. The van der Waals surface area contributed by atoms with Crippen LogP contribution in [-0.2, 0) is 11.2 Å². The lowest BCUT2D eigenvalue weighted by Crippen LogP contribution is -2.11. The van der Waals surface area contributed by atoms with Gasteiger partial charge < -0.3 is 14.2 Å². The third-order valence-corrected chi connectivity index (χ3v) is 4.78. The van der Waals surface area contributed by atoms with Gasteiger partial charge in [0.15, 0.2) is 11.5 Å². The summed E-state index contributed by atoms with van der Waals surface area (Å²) in [6.45, 7) is 9.19. The Morgan fingerprint density at radius 2 is 1.71 bits per heavy atom. The lowest BCUT2D eigenvalue weighted by atomic mass is 10.1. The van der Waals surface area contributed by atoms with Crippen molar-refractivity contribution in [3.63, 3.8) is 0 Å². The Bertz CT molecular complexity index is 778. The van der Waals surface area contributed by atoms with Gasteiger partial charge in [-0.1, -0.05) is 35.3 Å². The molecule has 2 aromatic carbocycles. The van der Waals surface area contributed by atoms with Crippen molar-refractivity contribution in [2.24, 2.45) is 0 Å². The molecule has 0 aliphatic rings. The normalized spacial score (nSPS) is 10.6. The van der Waals surface area contributed by atoms with Crippen molar-refractivity contribution in [2.75, 3.05) is 13.2 Å². The molecular formula is C23H29BrO4. The molecule has 0 aromatic heterocycles. The molecular weight excluding hydrogens is 420 g/mol. The number of benzene rings is 2. The third kappa shape index (κ3) is 6.55. The fourth-order valence-corrected chi connectivity index (χ4v) is 3.58. The molecule has 0 spiro atoms. The minimum atomic E-state index is -0.241. The highest BCUT2D eigenvalue weighted by atomic mass is 79.9. The fourth-order valence-electron chi connectivity index (χ4n) is 2.89. The first-order chi connectivity index (χ1) is 13.4. The summed E-state index contributed by atoms with van der Waals surface area (Å²) in [5.74, 6) is 1.88. The molecule has 2 aromatic rings. The first-order valence-electron chi connectivity index (χ1n) is 9.80. The second-order valence-electron chi connectivity index (χ2n) is 6.76. The largest absolute Gasteiger partial charge is 0.490 e. The van der Waals surface area contributed by atoms with E-state index in [4.69, 9.17) is 14.2 Å². The van der Waals surface area contributed by atoms with Gasteiger partial charge in [0.05, 0.1) is 13.2 Å². The number of carbonyl (C=O) groups is 1. The van der Waals surface area contributed by atoms with Crippen LogP contribution in [0.15, 0.2) is 34.8 Å². The lowest BCUT2D eigenvalue weighted by molar-refractivity contribution is -0.134. The molecule has 0 radical (unpaired) electrons. The van der Waals surface area contributed by atoms with Gasteiger partial charge in [-0.25, -0.2) is 0 Å². The highest BCUT2D eigenvalue weighted by molar-refractivity contribution is 9.10. The minimum Gasteiger partial charge on any atom is -0.490 e. The van der Waals surface area contributed by atoms with Crippen LogP contribution in [0.5, 0.6) is 17.2 Å². The predicted octanol–water partition coefficient (Wildman–Crippen LogP) is 6.18. The first-order valence-corrected chi connectivity index (χ1v) is 10.6. The topological polar surface area (TPSA) is 44.8 Å². The van der Waals surface area contributed by atoms with E-state index in [2.05, 4.69) is 22.9 Å². The highest BCUT2D eigenvalue weighted by Crippen LogP contribution is 2.30. The average molecular weight is 449 g/mol. The van der Waals surface area contributed by atoms with Crippen LogP contribution in [0, 0.1) is 13.8 Å². The average Bonchev–Trinajstić information content (AvgIpc) is 2.65. The third-order valence-electron chi connectivity index (χ3n) is 4.32. The van der Waals surface area contributed by atoms with Crippen LogP contribution in [0.1, 0.15) is 49.8 Å². The second-order valence-corrected chi connectivity index (χ2v) is 7.67. The Morgan fingerprint density at radius 1 is 1.00 bits per heavy atom. The minimum absolute atomic E-state index is 0.241. The number of esters is 1. The van der Waals surface area contributed by atoms with E-state index in [0.717, 1.165) is 45.5 Å². The Hall–Kier alpha value is -2.01. The van der Waals surface area contributed by atoms with E-state index in [1.165, 1.54) is 0 Å². The number of aryl methyl sites for hydroxylation is 3. The van der Waals surface area contributed by atoms with Crippen LogP contribution < -0.4 is 14.2 Å². The number of rotatable bonds is 10. The Kier molecular flexibility index (Phi) is 8.84. The molecule has 0 atom stereocenters. The lowest BCUT2D eigenvalue weighted by Gasteiger charge is -2.14. The summed E-state index contributed by atoms with van der Waals surface area (Å²) in [5.41, 5.74) is 2.90. The molecule has 0 heterocycles. The second kappa shape index (κ2) is 11.1. The summed E-state index contributed by atoms with van der Waals surface area (Å²) in [4.78, 5) is 12.3. The van der Waals surface area contributed by atoms with Gasteiger partial charge in [0.2, 0.25) is 0 Å². The smallest absolute Gasteiger partial charge is 0.311 e. The van der Waals surface area contributed by atoms with Gasteiger partial charge >= 0.3 is 5.97 Å². The molecule has 28 heavy (non-hydrogen) atoms. The van der Waals surface area contributed by atoms with E-state index in [1.807, 2.05) is 51.1 Å². The molecule has 0 fully saturated rings. The SMILES string of the molecule is CCCCOc1ccc(CCC(=O)Oc2c(C)cc(Br)cc2C)cc1OCC. The van der Waals surface area contributed by atoms with Gasteiger partial charge in [-0.3, -0.25) is 4.79 Å². The molecule has 0 amide bonds. The van der Waals surface area contributed by atoms with Crippen molar-refractivity contribution in [1.82, 2.24) is 0 Å². The van der Waals surface area contributed by atoms with E-state index < -0.39 is 0 Å². The van der Waals surface area contributed by atoms with Gasteiger partial charge in [0.25, 0.3) is 0 Å². The standard InChI is InChI=1S/C23H29BrO4/c1-5-7-12-27-20-10-8-18(15-21(20)26-6-2)9-11-22(25)28-23-16(3)13-19(24)14-17(23)4/h8,10,13-15H,5-7,9,11-12H2,1-4H3. The number of hydrogen-bond acceptors (Lipinski definition) is 4. The van der Waals surface area contributed by atoms with E-state index in [9.17, 15) is 4.79 Å². The van der Waals surface area contributed by atoms with Crippen molar-refractivity contribution in [1.29, 1.82) is 0 Å². The van der Waals surface area contributed by atoms with Crippen LogP contribution >= 0.6 is 15.9 Å². The summed E-state index contributed by atoms with van der Waals surface area (Å²) < 4.78 is 18.1. The van der Waals surface area contributed by atoms with Crippen LogP contribution in [0.25, 0.3) is 0 Å². The molecule has 0 unspecified atom stereocenters. The molecule has 0 aliphatic heterocycles. The number of carbonyl (C=O) groups excluding carboxylic acids is 1. The van der Waals surface area contributed by atoms with E-state index in [-0.39, 0.29) is 5.97 Å². The summed E-state index contributed by atoms with van der Waals surface area (Å²) in [7, 11) is 0.